The van der Waals surface area contributed by atoms with Gasteiger partial charge in [0.2, 0.25) is 0 Å². The molecule has 1 heterocycles. The molecule has 5 amide bonds. The van der Waals surface area contributed by atoms with Gasteiger partial charge < -0.3 is 14.8 Å². The monoisotopic (exact) mass is 533 g/mol. The van der Waals surface area contributed by atoms with Crippen molar-refractivity contribution >= 4 is 52.8 Å². The van der Waals surface area contributed by atoms with Crippen molar-refractivity contribution in [1.29, 1.82) is 0 Å². The van der Waals surface area contributed by atoms with E-state index in [9.17, 15) is 19.2 Å². The normalized spacial score (nSPS) is 14.4. The SMILES string of the molecule is COc1cc(/C=C2\C(=O)NC(=O)N(c3cc(C)cc(C)c3)C2=O)cc(Cl)c1OCC(=O)Nc1ccccc1. The number of nitrogens with one attached hydrogen (secondary N) is 2. The number of carbonyl (C=O) groups is 4. The quantitative estimate of drug-likeness (QED) is 0.337. The summed E-state index contributed by atoms with van der Waals surface area (Å²) in [5.74, 6) is -1.72. The van der Waals surface area contributed by atoms with E-state index in [1.165, 1.54) is 25.3 Å². The van der Waals surface area contributed by atoms with Gasteiger partial charge in [0, 0.05) is 5.69 Å². The van der Waals surface area contributed by atoms with E-state index in [4.69, 9.17) is 21.1 Å². The Balaban J connectivity index is 1.58. The van der Waals surface area contributed by atoms with Gasteiger partial charge in [-0.3, -0.25) is 19.7 Å². The Bertz CT molecular complexity index is 1450. The predicted octanol–water partition coefficient (Wildman–Crippen LogP) is 4.65. The Hall–Kier alpha value is -4.63. The van der Waals surface area contributed by atoms with Crippen molar-refractivity contribution in [2.75, 3.05) is 23.9 Å². The number of anilines is 2. The van der Waals surface area contributed by atoms with Crippen LogP contribution in [0.3, 0.4) is 0 Å². The fraction of sp³-hybridized carbons (Fsp3) is 0.143. The van der Waals surface area contributed by atoms with Gasteiger partial charge >= 0.3 is 6.03 Å². The molecular weight excluding hydrogens is 510 g/mol. The molecule has 0 spiro atoms. The summed E-state index contributed by atoms with van der Waals surface area (Å²) in [7, 11) is 1.39. The second kappa shape index (κ2) is 11.2. The third-order valence-electron chi connectivity index (χ3n) is 5.53. The smallest absolute Gasteiger partial charge is 0.335 e. The number of benzene rings is 3. The topological polar surface area (TPSA) is 114 Å². The first-order chi connectivity index (χ1) is 18.2. The van der Waals surface area contributed by atoms with Gasteiger partial charge in [-0.15, -0.1) is 0 Å². The fourth-order valence-electron chi connectivity index (χ4n) is 3.96. The Labute approximate surface area is 224 Å². The molecule has 1 fully saturated rings. The van der Waals surface area contributed by atoms with Crippen molar-refractivity contribution in [3.05, 3.63) is 87.9 Å². The number of aryl methyl sites for hydroxylation is 2. The molecule has 1 aliphatic rings. The van der Waals surface area contributed by atoms with Gasteiger partial charge in [-0.25, -0.2) is 9.69 Å². The number of imide groups is 2. The maximum absolute atomic E-state index is 13.3. The number of para-hydroxylation sites is 1. The summed E-state index contributed by atoms with van der Waals surface area (Å²) in [5, 5.41) is 4.99. The molecule has 3 aromatic rings. The molecule has 0 bridgehead atoms. The van der Waals surface area contributed by atoms with Crippen LogP contribution in [0, 0.1) is 13.8 Å². The standard InChI is InChI=1S/C28H24ClN3O6/c1-16-9-17(2)11-20(10-16)32-27(35)21(26(34)31-28(32)36)12-18-13-22(29)25(23(14-18)37-3)38-15-24(33)30-19-7-5-4-6-8-19/h4-14H,15H2,1-3H3,(H,30,33)(H,31,34,36)/b21-12+. The minimum absolute atomic E-state index is 0.0922. The molecule has 1 saturated heterocycles. The van der Waals surface area contributed by atoms with Gasteiger partial charge in [-0.1, -0.05) is 35.9 Å². The average molecular weight is 534 g/mol. The van der Waals surface area contributed by atoms with Crippen LogP contribution in [0.4, 0.5) is 16.2 Å². The lowest BCUT2D eigenvalue weighted by atomic mass is 10.0. The number of barbiturate groups is 1. The Morgan fingerprint density at radius 1 is 1.03 bits per heavy atom. The van der Waals surface area contributed by atoms with E-state index in [2.05, 4.69) is 10.6 Å². The van der Waals surface area contributed by atoms with E-state index in [1.54, 1.807) is 36.4 Å². The summed E-state index contributed by atoms with van der Waals surface area (Å²) in [5.41, 5.74) is 2.75. The molecule has 38 heavy (non-hydrogen) atoms. The number of nitrogens with zero attached hydrogens (tertiary/aromatic N) is 1. The molecule has 0 aliphatic carbocycles. The van der Waals surface area contributed by atoms with Crippen molar-refractivity contribution in [3.63, 3.8) is 0 Å². The lowest BCUT2D eigenvalue weighted by molar-refractivity contribution is -0.122. The zero-order chi connectivity index (χ0) is 27.4. The van der Waals surface area contributed by atoms with Crippen LogP contribution in [0.1, 0.15) is 16.7 Å². The summed E-state index contributed by atoms with van der Waals surface area (Å²) < 4.78 is 11.0. The summed E-state index contributed by atoms with van der Waals surface area (Å²) >= 11 is 6.41. The molecule has 0 saturated carbocycles. The summed E-state index contributed by atoms with van der Waals surface area (Å²) in [6.07, 6.45) is 1.31. The first kappa shape index (κ1) is 26.4. The van der Waals surface area contributed by atoms with E-state index in [0.717, 1.165) is 16.0 Å². The van der Waals surface area contributed by atoms with Gasteiger partial charge in [0.15, 0.2) is 18.1 Å². The van der Waals surface area contributed by atoms with Crippen molar-refractivity contribution in [2.24, 2.45) is 0 Å². The molecular formula is C28H24ClN3O6. The van der Waals surface area contributed by atoms with Crippen LogP contribution in [-0.2, 0) is 14.4 Å². The number of halogens is 1. The fourth-order valence-corrected chi connectivity index (χ4v) is 4.23. The maximum Gasteiger partial charge on any atom is 0.335 e. The van der Waals surface area contributed by atoms with E-state index < -0.39 is 23.8 Å². The van der Waals surface area contributed by atoms with E-state index in [1.807, 2.05) is 26.0 Å². The highest BCUT2D eigenvalue weighted by Gasteiger charge is 2.37. The lowest BCUT2D eigenvalue weighted by Crippen LogP contribution is -2.54. The minimum atomic E-state index is -0.839. The molecule has 3 aromatic carbocycles. The van der Waals surface area contributed by atoms with E-state index in [-0.39, 0.29) is 28.7 Å². The third kappa shape index (κ3) is 5.84. The zero-order valence-electron chi connectivity index (χ0n) is 20.8. The molecule has 0 radical (unpaired) electrons. The van der Waals surface area contributed by atoms with Gasteiger partial charge in [0.25, 0.3) is 17.7 Å². The third-order valence-corrected chi connectivity index (χ3v) is 5.82. The molecule has 194 valence electrons. The Morgan fingerprint density at radius 2 is 1.71 bits per heavy atom. The number of rotatable bonds is 7. The van der Waals surface area contributed by atoms with Crippen LogP contribution in [-0.4, -0.2) is 37.5 Å². The van der Waals surface area contributed by atoms with Crippen LogP contribution in [0.25, 0.3) is 6.08 Å². The van der Waals surface area contributed by atoms with Crippen molar-refractivity contribution < 1.29 is 28.7 Å². The predicted molar refractivity (Wildman–Crippen MR) is 143 cm³/mol. The van der Waals surface area contributed by atoms with Crippen LogP contribution in [0.5, 0.6) is 11.5 Å². The Kier molecular flexibility index (Phi) is 7.78. The van der Waals surface area contributed by atoms with E-state index >= 15 is 0 Å². The average Bonchev–Trinajstić information content (AvgIpc) is 2.85. The molecule has 0 atom stereocenters. The maximum atomic E-state index is 13.3. The number of ether oxygens (including phenoxy) is 2. The molecule has 4 rings (SSSR count). The highest BCUT2D eigenvalue weighted by molar-refractivity contribution is 6.39. The highest BCUT2D eigenvalue weighted by Crippen LogP contribution is 2.37. The first-order valence-electron chi connectivity index (χ1n) is 11.5. The largest absolute Gasteiger partial charge is 0.493 e. The minimum Gasteiger partial charge on any atom is -0.493 e. The van der Waals surface area contributed by atoms with Crippen molar-refractivity contribution in [3.8, 4) is 11.5 Å². The van der Waals surface area contributed by atoms with Crippen molar-refractivity contribution in [2.45, 2.75) is 13.8 Å². The highest BCUT2D eigenvalue weighted by atomic mass is 35.5. The van der Waals surface area contributed by atoms with Crippen molar-refractivity contribution in [1.82, 2.24) is 5.32 Å². The lowest BCUT2D eigenvalue weighted by Gasteiger charge is -2.27. The van der Waals surface area contributed by atoms with Gasteiger partial charge in [-0.2, -0.15) is 0 Å². The molecule has 0 unspecified atom stereocenters. The number of hydrogen-bond donors (Lipinski definition) is 2. The summed E-state index contributed by atoms with van der Waals surface area (Å²) in [4.78, 5) is 51.5. The van der Waals surface area contributed by atoms with Gasteiger partial charge in [-0.05, 0) is 73.0 Å². The molecule has 0 aromatic heterocycles. The van der Waals surface area contributed by atoms with Gasteiger partial charge in [0.1, 0.15) is 5.57 Å². The number of urea groups is 1. The summed E-state index contributed by atoms with van der Waals surface area (Å²) in [6, 6.07) is 16.3. The number of amides is 5. The number of carbonyl (C=O) groups excluding carboxylic acids is 4. The van der Waals surface area contributed by atoms with Crippen LogP contribution in [0.15, 0.2) is 66.2 Å². The number of methoxy groups -OCH3 is 1. The van der Waals surface area contributed by atoms with Crippen LogP contribution >= 0.6 is 11.6 Å². The molecule has 1 aliphatic heterocycles. The second-order valence-corrected chi connectivity index (χ2v) is 8.95. The van der Waals surface area contributed by atoms with Crippen LogP contribution < -0.4 is 25.0 Å². The molecule has 10 heteroatoms. The second-order valence-electron chi connectivity index (χ2n) is 8.54. The molecule has 2 N–H and O–H groups in total. The number of hydrogen-bond acceptors (Lipinski definition) is 6. The summed E-state index contributed by atoms with van der Waals surface area (Å²) in [6.45, 7) is 3.35. The Morgan fingerprint density at radius 3 is 2.37 bits per heavy atom. The zero-order valence-corrected chi connectivity index (χ0v) is 21.6. The van der Waals surface area contributed by atoms with Gasteiger partial charge in [0.05, 0.1) is 17.8 Å². The van der Waals surface area contributed by atoms with Crippen LogP contribution in [0.2, 0.25) is 5.02 Å². The first-order valence-corrected chi connectivity index (χ1v) is 11.9. The van der Waals surface area contributed by atoms with E-state index in [0.29, 0.717) is 16.9 Å². The molecule has 9 nitrogen and oxygen atoms in total.